The summed E-state index contributed by atoms with van der Waals surface area (Å²) >= 11 is 0. The van der Waals surface area contributed by atoms with Crippen LogP contribution in [0.15, 0.2) is 11.6 Å². The lowest BCUT2D eigenvalue weighted by molar-refractivity contribution is -0.173. The van der Waals surface area contributed by atoms with Gasteiger partial charge in [0.05, 0.1) is 0 Å². The van der Waals surface area contributed by atoms with E-state index in [1.807, 2.05) is 13.8 Å². The Morgan fingerprint density at radius 3 is 2.36 bits per heavy atom. The fraction of sp³-hybridized carbons (Fsp3) is 0.792. The van der Waals surface area contributed by atoms with Gasteiger partial charge >= 0.3 is 0 Å². The number of hydrogen-bond acceptors (Lipinski definition) is 4. The van der Waals surface area contributed by atoms with Gasteiger partial charge in [0.2, 0.25) is 0 Å². The summed E-state index contributed by atoms with van der Waals surface area (Å²) in [5, 5.41) is 10.5. The fourth-order valence-corrected chi connectivity index (χ4v) is 7.98. The van der Waals surface area contributed by atoms with Gasteiger partial charge in [-0.2, -0.15) is 0 Å². The van der Waals surface area contributed by atoms with Crippen molar-refractivity contribution in [2.24, 2.45) is 39.4 Å². The van der Waals surface area contributed by atoms with Crippen molar-refractivity contribution in [2.75, 3.05) is 0 Å². The number of carbonyl (C=O) groups excluding carboxylic acids is 3. The van der Waals surface area contributed by atoms with Gasteiger partial charge in [-0.3, -0.25) is 14.4 Å². The predicted octanol–water partition coefficient (Wildman–Crippen LogP) is 3.90. The summed E-state index contributed by atoms with van der Waals surface area (Å²) in [7, 11) is 0. The number of carbonyl (C=O) groups is 3. The molecule has 3 fully saturated rings. The maximum Gasteiger partial charge on any atom is 0.170 e. The molecule has 4 heteroatoms. The number of allylic oxidation sites excluding steroid dienone is 2. The van der Waals surface area contributed by atoms with Crippen LogP contribution in [-0.4, -0.2) is 28.6 Å². The van der Waals surface area contributed by atoms with Gasteiger partial charge in [0.15, 0.2) is 5.78 Å². The molecule has 0 aromatic heterocycles. The van der Waals surface area contributed by atoms with Gasteiger partial charge in [-0.15, -0.1) is 0 Å². The summed E-state index contributed by atoms with van der Waals surface area (Å²) in [6.07, 6.45) is 4.56. The average Bonchev–Trinajstić information content (AvgIpc) is 2.86. The summed E-state index contributed by atoms with van der Waals surface area (Å²) in [6, 6.07) is 0. The summed E-state index contributed by atoms with van der Waals surface area (Å²) < 4.78 is 0. The van der Waals surface area contributed by atoms with Crippen LogP contribution in [0.1, 0.15) is 73.6 Å². The molecule has 0 saturated heterocycles. The highest BCUT2D eigenvalue weighted by molar-refractivity contribution is 5.95. The van der Waals surface area contributed by atoms with Crippen molar-refractivity contribution < 1.29 is 19.5 Å². The van der Waals surface area contributed by atoms with Crippen LogP contribution >= 0.6 is 0 Å². The van der Waals surface area contributed by atoms with E-state index < -0.39 is 16.9 Å². The summed E-state index contributed by atoms with van der Waals surface area (Å²) in [5.74, 6) is 0.285. The highest BCUT2D eigenvalue weighted by atomic mass is 16.3. The summed E-state index contributed by atoms with van der Waals surface area (Å²) in [5.41, 5.74) is -0.656. The summed E-state index contributed by atoms with van der Waals surface area (Å²) in [6.45, 7) is 12.0. The second-order valence-electron chi connectivity index (χ2n) is 11.2. The molecular weight excluding hydrogens is 352 g/mol. The molecule has 0 amide bonds. The number of rotatable bonds is 1. The van der Waals surface area contributed by atoms with Crippen LogP contribution in [0.2, 0.25) is 0 Å². The lowest BCUT2D eigenvalue weighted by Gasteiger charge is -2.64. The Morgan fingerprint density at radius 1 is 1.11 bits per heavy atom. The molecule has 4 aliphatic carbocycles. The predicted molar refractivity (Wildman–Crippen MR) is 106 cm³/mol. The first kappa shape index (κ1) is 20.0. The van der Waals surface area contributed by atoms with E-state index in [1.54, 1.807) is 6.92 Å². The molecule has 4 nitrogen and oxygen atoms in total. The summed E-state index contributed by atoms with van der Waals surface area (Å²) in [4.78, 5) is 38.8. The minimum atomic E-state index is -1.00. The molecule has 0 bridgehead atoms. The Labute approximate surface area is 168 Å². The smallest absolute Gasteiger partial charge is 0.170 e. The monoisotopic (exact) mass is 386 g/mol. The largest absolute Gasteiger partial charge is 0.385 e. The number of aliphatic hydroxyl groups excluding tert-OH is 1. The van der Waals surface area contributed by atoms with Crippen molar-refractivity contribution in [1.82, 2.24) is 0 Å². The van der Waals surface area contributed by atoms with Crippen molar-refractivity contribution >= 4 is 17.3 Å². The van der Waals surface area contributed by atoms with E-state index in [4.69, 9.17) is 0 Å². The molecule has 7 atom stereocenters. The van der Waals surface area contributed by atoms with Crippen molar-refractivity contribution in [3.63, 3.8) is 0 Å². The molecule has 0 aromatic carbocycles. The van der Waals surface area contributed by atoms with Gasteiger partial charge in [-0.1, -0.05) is 32.4 Å². The lowest BCUT2D eigenvalue weighted by Crippen LogP contribution is -2.64. The van der Waals surface area contributed by atoms with Gasteiger partial charge in [-0.25, -0.2) is 0 Å². The van der Waals surface area contributed by atoms with Crippen LogP contribution in [0, 0.1) is 39.4 Å². The van der Waals surface area contributed by atoms with Crippen molar-refractivity contribution in [3.05, 3.63) is 11.6 Å². The molecule has 1 N–H and O–H groups in total. The second-order valence-corrected chi connectivity index (χ2v) is 11.2. The van der Waals surface area contributed by atoms with Gasteiger partial charge in [0, 0.05) is 23.2 Å². The zero-order chi connectivity index (χ0) is 20.9. The third-order valence-electron chi connectivity index (χ3n) is 9.91. The first-order valence-electron chi connectivity index (χ1n) is 10.8. The van der Waals surface area contributed by atoms with Crippen LogP contribution in [0.4, 0.5) is 0 Å². The van der Waals surface area contributed by atoms with Crippen LogP contribution in [0.25, 0.3) is 0 Å². The number of ketones is 3. The number of fused-ring (bicyclic) bond motifs is 5. The van der Waals surface area contributed by atoms with E-state index in [0.29, 0.717) is 12.8 Å². The normalized spacial score (nSPS) is 49.8. The molecule has 154 valence electrons. The van der Waals surface area contributed by atoms with E-state index in [9.17, 15) is 19.5 Å². The Balaban J connectivity index is 1.86. The molecule has 28 heavy (non-hydrogen) atoms. The van der Waals surface area contributed by atoms with Crippen molar-refractivity contribution in [2.45, 2.75) is 79.8 Å². The molecule has 0 aliphatic heterocycles. The van der Waals surface area contributed by atoms with E-state index in [-0.39, 0.29) is 45.9 Å². The minimum absolute atomic E-state index is 0.0497. The molecule has 0 spiro atoms. The Kier molecular flexibility index (Phi) is 4.04. The molecule has 4 rings (SSSR count). The number of hydrogen-bond donors (Lipinski definition) is 1. The molecule has 0 radical (unpaired) electrons. The van der Waals surface area contributed by atoms with Crippen molar-refractivity contribution in [1.29, 1.82) is 0 Å². The number of Topliss-reactive ketones (excluding diaryl/α,β-unsaturated/α-hetero) is 3. The second kappa shape index (κ2) is 5.65. The molecule has 0 heterocycles. The third-order valence-corrected chi connectivity index (χ3v) is 9.91. The van der Waals surface area contributed by atoms with Crippen LogP contribution < -0.4 is 0 Å². The topological polar surface area (TPSA) is 71.4 Å². The van der Waals surface area contributed by atoms with Crippen LogP contribution in [0.5, 0.6) is 0 Å². The van der Waals surface area contributed by atoms with Crippen molar-refractivity contribution in [3.8, 4) is 0 Å². The maximum atomic E-state index is 13.8. The maximum absolute atomic E-state index is 13.8. The Hall–Kier alpha value is -1.29. The average molecular weight is 387 g/mol. The highest BCUT2D eigenvalue weighted by Crippen LogP contribution is 2.72. The van der Waals surface area contributed by atoms with E-state index in [0.717, 1.165) is 24.8 Å². The van der Waals surface area contributed by atoms with Crippen LogP contribution in [-0.2, 0) is 14.4 Å². The number of aliphatic hydroxyl groups is 1. The molecule has 3 saturated carbocycles. The van der Waals surface area contributed by atoms with Gasteiger partial charge in [-0.05, 0) is 69.1 Å². The Morgan fingerprint density at radius 2 is 1.75 bits per heavy atom. The molecule has 0 aromatic rings. The lowest BCUT2D eigenvalue weighted by atomic mass is 9.39. The standard InChI is InChI=1S/C24H34O4/c1-13(25)14-9-10-22(4)18-8-7-15-16(11-17(26)20(28)21(15,2)3)24(18,6)19(27)12-23(14,22)5/h7,14,16-18,26H,8-12H2,1-6H3/t14-,16-,17+,18+,22+,23-,24+/m1/s1. The quantitative estimate of drug-likeness (QED) is 0.694. The van der Waals surface area contributed by atoms with E-state index in [2.05, 4.69) is 26.8 Å². The third kappa shape index (κ3) is 2.08. The first-order chi connectivity index (χ1) is 12.8. The zero-order valence-corrected chi connectivity index (χ0v) is 18.1. The van der Waals surface area contributed by atoms with Crippen LogP contribution in [0.3, 0.4) is 0 Å². The molecular formula is C24H34O4. The highest BCUT2D eigenvalue weighted by Gasteiger charge is 2.71. The molecule has 4 aliphatic rings. The van der Waals surface area contributed by atoms with Gasteiger partial charge < -0.3 is 5.11 Å². The zero-order valence-electron chi connectivity index (χ0n) is 18.1. The van der Waals surface area contributed by atoms with Gasteiger partial charge in [0.25, 0.3) is 0 Å². The minimum Gasteiger partial charge on any atom is -0.385 e. The SMILES string of the molecule is CC(=O)[C@H]1CC[C@@]2(C)[C@@H]3CC=C4[C@@H](C[C@H](O)C(=O)C4(C)C)[C@]3(C)C(=O)C[C@]12C. The Bertz CT molecular complexity index is 807. The molecule has 0 unspecified atom stereocenters. The first-order valence-corrected chi connectivity index (χ1v) is 10.8. The van der Waals surface area contributed by atoms with E-state index in [1.165, 1.54) is 0 Å². The van der Waals surface area contributed by atoms with Gasteiger partial charge in [0.1, 0.15) is 17.7 Å². The fourth-order valence-electron chi connectivity index (χ4n) is 7.98. The van der Waals surface area contributed by atoms with E-state index >= 15 is 0 Å².